The van der Waals surface area contributed by atoms with Crippen molar-refractivity contribution in [2.75, 3.05) is 0 Å². The zero-order valence-electron chi connectivity index (χ0n) is 10.1. The lowest BCUT2D eigenvalue weighted by molar-refractivity contribution is -0.141. The predicted molar refractivity (Wildman–Crippen MR) is 61.9 cm³/mol. The molecule has 2 unspecified atom stereocenters. The Morgan fingerprint density at radius 3 is 2.56 bits per heavy atom. The number of hydrogen-bond acceptors (Lipinski definition) is 4. The second kappa shape index (κ2) is 6.06. The lowest BCUT2D eigenvalue weighted by Gasteiger charge is -2.17. The van der Waals surface area contributed by atoms with E-state index in [1.807, 2.05) is 0 Å². The molecule has 100 valence electrons. The van der Waals surface area contributed by atoms with Crippen molar-refractivity contribution in [3.05, 3.63) is 23.7 Å². The van der Waals surface area contributed by atoms with Crippen LogP contribution in [0.3, 0.4) is 0 Å². The normalized spacial score (nSPS) is 13.7. The number of carboxylic acids is 1. The van der Waals surface area contributed by atoms with Crippen molar-refractivity contribution >= 4 is 12.0 Å². The van der Waals surface area contributed by atoms with Crippen molar-refractivity contribution in [3.63, 3.8) is 0 Å². The van der Waals surface area contributed by atoms with Crippen LogP contribution >= 0.6 is 0 Å². The number of aryl methyl sites for hydroxylation is 1. The molecule has 1 rings (SSSR count). The van der Waals surface area contributed by atoms with Crippen LogP contribution in [0.15, 0.2) is 16.5 Å². The maximum Gasteiger partial charge on any atom is 0.328 e. The van der Waals surface area contributed by atoms with Crippen molar-refractivity contribution in [1.82, 2.24) is 10.6 Å². The molecule has 1 heterocycles. The third-order valence-electron chi connectivity index (χ3n) is 2.25. The molecule has 0 saturated carbocycles. The molecule has 0 fully saturated rings. The topological polar surface area (TPSA) is 112 Å². The van der Waals surface area contributed by atoms with Gasteiger partial charge < -0.3 is 25.3 Å². The van der Waals surface area contributed by atoms with Crippen LogP contribution in [0.4, 0.5) is 4.79 Å². The number of aliphatic carboxylic acids is 1. The van der Waals surface area contributed by atoms with Crippen LogP contribution < -0.4 is 10.6 Å². The third-order valence-corrected chi connectivity index (χ3v) is 2.25. The van der Waals surface area contributed by atoms with Gasteiger partial charge >= 0.3 is 12.0 Å². The Hall–Kier alpha value is -2.02. The Balaban J connectivity index is 2.43. The van der Waals surface area contributed by atoms with Gasteiger partial charge in [-0.05, 0) is 26.0 Å². The first kappa shape index (κ1) is 14.0. The first-order valence-corrected chi connectivity index (χ1v) is 5.40. The third kappa shape index (κ3) is 4.10. The van der Waals surface area contributed by atoms with Gasteiger partial charge in [0.15, 0.2) is 6.04 Å². The van der Waals surface area contributed by atoms with Crippen LogP contribution in [0.2, 0.25) is 0 Å². The first-order chi connectivity index (χ1) is 8.40. The Kier molecular flexibility index (Phi) is 4.73. The Bertz CT molecular complexity index is 427. The molecule has 0 radical (unpaired) electrons. The minimum atomic E-state index is -1.34. The molecular weight excluding hydrogens is 240 g/mol. The molecule has 2 atom stereocenters. The fraction of sp³-hybridized carbons (Fsp3) is 0.455. The van der Waals surface area contributed by atoms with E-state index in [1.54, 1.807) is 19.1 Å². The summed E-state index contributed by atoms with van der Waals surface area (Å²) in [5.41, 5.74) is 0. The van der Waals surface area contributed by atoms with Crippen molar-refractivity contribution < 1.29 is 24.2 Å². The highest BCUT2D eigenvalue weighted by Crippen LogP contribution is 2.05. The van der Waals surface area contributed by atoms with E-state index in [0.29, 0.717) is 5.76 Å². The zero-order chi connectivity index (χ0) is 13.7. The van der Waals surface area contributed by atoms with Crippen LogP contribution in [0.25, 0.3) is 0 Å². The Labute approximate surface area is 104 Å². The molecule has 0 aliphatic carbocycles. The summed E-state index contributed by atoms with van der Waals surface area (Å²) >= 11 is 0. The number of carbonyl (C=O) groups is 2. The van der Waals surface area contributed by atoms with Gasteiger partial charge in [0.25, 0.3) is 0 Å². The van der Waals surface area contributed by atoms with Crippen LogP contribution in [0, 0.1) is 6.92 Å². The number of urea groups is 1. The van der Waals surface area contributed by atoms with Gasteiger partial charge in [-0.2, -0.15) is 0 Å². The largest absolute Gasteiger partial charge is 0.480 e. The number of aliphatic hydroxyl groups excluding tert-OH is 1. The van der Waals surface area contributed by atoms with Gasteiger partial charge in [-0.3, -0.25) is 0 Å². The van der Waals surface area contributed by atoms with Crippen LogP contribution in [0.1, 0.15) is 18.4 Å². The number of rotatable bonds is 5. The lowest BCUT2D eigenvalue weighted by atomic mass is 10.2. The molecule has 2 amide bonds. The van der Waals surface area contributed by atoms with E-state index < -0.39 is 24.1 Å². The average Bonchev–Trinajstić information content (AvgIpc) is 2.68. The van der Waals surface area contributed by atoms with Crippen LogP contribution in [-0.4, -0.2) is 34.4 Å². The molecule has 7 heteroatoms. The summed E-state index contributed by atoms with van der Waals surface area (Å²) in [6.45, 7) is 3.21. The minimum Gasteiger partial charge on any atom is -0.480 e. The predicted octanol–water partition coefficient (Wildman–Crippen LogP) is 0.221. The maximum atomic E-state index is 11.4. The molecule has 0 bridgehead atoms. The molecule has 0 spiro atoms. The first-order valence-electron chi connectivity index (χ1n) is 5.40. The zero-order valence-corrected chi connectivity index (χ0v) is 10.1. The standard InChI is InChI=1S/C11H16N2O5/c1-6-3-4-8(18-6)5-12-11(17)13-9(7(2)14)10(15)16/h3-4,7,9,14H,5H2,1-2H3,(H,15,16)(H2,12,13,17). The fourth-order valence-corrected chi connectivity index (χ4v) is 1.33. The van der Waals surface area contributed by atoms with Gasteiger partial charge in [0.1, 0.15) is 11.5 Å². The Morgan fingerprint density at radius 2 is 2.11 bits per heavy atom. The molecule has 0 saturated heterocycles. The smallest absolute Gasteiger partial charge is 0.328 e. The van der Waals surface area contributed by atoms with E-state index in [0.717, 1.165) is 5.76 Å². The SMILES string of the molecule is Cc1ccc(CNC(=O)NC(C(=O)O)C(C)O)o1. The number of hydrogen-bond donors (Lipinski definition) is 4. The molecule has 1 aromatic rings. The highest BCUT2D eigenvalue weighted by molar-refractivity contribution is 5.82. The molecule has 4 N–H and O–H groups in total. The number of nitrogens with one attached hydrogen (secondary N) is 2. The quantitative estimate of drug-likeness (QED) is 0.602. The summed E-state index contributed by atoms with van der Waals surface area (Å²) in [5.74, 6) is -0.0137. The van der Waals surface area contributed by atoms with Crippen molar-refractivity contribution in [2.24, 2.45) is 0 Å². The second-order valence-electron chi connectivity index (χ2n) is 3.90. The summed E-state index contributed by atoms with van der Waals surface area (Å²) in [4.78, 5) is 22.1. The van der Waals surface area contributed by atoms with E-state index in [2.05, 4.69) is 10.6 Å². The van der Waals surface area contributed by atoms with Gasteiger partial charge in [-0.1, -0.05) is 0 Å². The molecule has 18 heavy (non-hydrogen) atoms. The van der Waals surface area contributed by atoms with Gasteiger partial charge in [0.05, 0.1) is 12.6 Å². The monoisotopic (exact) mass is 256 g/mol. The summed E-state index contributed by atoms with van der Waals surface area (Å²) < 4.78 is 5.23. The molecule has 1 aromatic heterocycles. The van der Waals surface area contributed by atoms with E-state index in [-0.39, 0.29) is 6.54 Å². The van der Waals surface area contributed by atoms with Crippen molar-refractivity contribution in [2.45, 2.75) is 32.5 Å². The maximum absolute atomic E-state index is 11.4. The highest BCUT2D eigenvalue weighted by Gasteiger charge is 2.24. The van der Waals surface area contributed by atoms with Gasteiger partial charge in [-0.15, -0.1) is 0 Å². The van der Waals surface area contributed by atoms with Crippen molar-refractivity contribution in [3.8, 4) is 0 Å². The second-order valence-corrected chi connectivity index (χ2v) is 3.90. The van der Waals surface area contributed by atoms with E-state index >= 15 is 0 Å². The number of carbonyl (C=O) groups excluding carboxylic acids is 1. The lowest BCUT2D eigenvalue weighted by Crippen LogP contribution is -2.50. The number of carboxylic acid groups (broad SMARTS) is 1. The van der Waals surface area contributed by atoms with E-state index in [4.69, 9.17) is 9.52 Å². The van der Waals surface area contributed by atoms with Gasteiger partial charge in [0.2, 0.25) is 0 Å². The fourth-order valence-electron chi connectivity index (χ4n) is 1.33. The average molecular weight is 256 g/mol. The molecule has 0 aliphatic heterocycles. The summed E-state index contributed by atoms with van der Waals surface area (Å²) in [6.07, 6.45) is -1.18. The molecule has 7 nitrogen and oxygen atoms in total. The Morgan fingerprint density at radius 1 is 1.44 bits per heavy atom. The summed E-state index contributed by atoms with van der Waals surface area (Å²) in [5, 5.41) is 22.5. The number of amides is 2. The van der Waals surface area contributed by atoms with Crippen molar-refractivity contribution in [1.29, 1.82) is 0 Å². The van der Waals surface area contributed by atoms with Gasteiger partial charge in [-0.25, -0.2) is 9.59 Å². The van der Waals surface area contributed by atoms with E-state index in [9.17, 15) is 14.7 Å². The van der Waals surface area contributed by atoms with Gasteiger partial charge in [0, 0.05) is 0 Å². The molecule has 0 aliphatic rings. The molecule has 0 aromatic carbocycles. The van der Waals surface area contributed by atoms with Crippen LogP contribution in [-0.2, 0) is 11.3 Å². The number of furan rings is 1. The summed E-state index contributed by atoms with van der Waals surface area (Å²) in [7, 11) is 0. The molecular formula is C11H16N2O5. The number of aliphatic hydroxyl groups is 1. The summed E-state index contributed by atoms with van der Waals surface area (Å²) in [6, 6.07) is 1.43. The highest BCUT2D eigenvalue weighted by atomic mass is 16.4. The minimum absolute atomic E-state index is 0.145. The van der Waals surface area contributed by atoms with E-state index in [1.165, 1.54) is 6.92 Å². The van der Waals surface area contributed by atoms with Crippen LogP contribution in [0.5, 0.6) is 0 Å².